The molecule has 0 radical (unpaired) electrons. The number of carbonyl (C=O) groups excluding carboxylic acids is 2. The van der Waals surface area contributed by atoms with E-state index in [0.29, 0.717) is 30.5 Å². The molecule has 1 unspecified atom stereocenters. The summed E-state index contributed by atoms with van der Waals surface area (Å²) in [5.41, 5.74) is 5.31. The maximum absolute atomic E-state index is 13.9. The van der Waals surface area contributed by atoms with Gasteiger partial charge >= 0.3 is 5.97 Å². The average molecular weight is 531 g/mol. The molecule has 1 amide bonds. The van der Waals surface area contributed by atoms with Crippen LogP contribution in [0.5, 0.6) is 0 Å². The van der Waals surface area contributed by atoms with E-state index in [0.717, 1.165) is 22.2 Å². The molecule has 2 aliphatic rings. The number of rotatable bonds is 5. The maximum Gasteiger partial charge on any atom is 0.336 e. The predicted octanol–water partition coefficient (Wildman–Crippen LogP) is 5.87. The minimum absolute atomic E-state index is 0.0286. The minimum Gasteiger partial charge on any atom is -0.463 e. The van der Waals surface area contributed by atoms with Gasteiger partial charge in [-0.05, 0) is 48.2 Å². The molecule has 0 aromatic heterocycles. The lowest BCUT2D eigenvalue weighted by atomic mass is 9.91. The highest BCUT2D eigenvalue weighted by Crippen LogP contribution is 2.46. The summed E-state index contributed by atoms with van der Waals surface area (Å²) in [6, 6.07) is 25.3. The molecular weight excluding hydrogens is 504 g/mol. The fraction of sp³-hybridized carbons (Fsp3) is 0.241. The van der Waals surface area contributed by atoms with E-state index >= 15 is 0 Å². The topological polar surface area (TPSA) is 49.9 Å². The summed E-state index contributed by atoms with van der Waals surface area (Å²) in [6.07, 6.45) is 1.77. The number of hydrogen-bond acceptors (Lipinski definition) is 4. The van der Waals surface area contributed by atoms with E-state index in [2.05, 4.69) is 33.1 Å². The van der Waals surface area contributed by atoms with Gasteiger partial charge in [0.1, 0.15) is 0 Å². The number of carbonyl (C=O) groups is 2. The van der Waals surface area contributed by atoms with E-state index in [1.165, 1.54) is 11.1 Å². The third-order valence-corrected chi connectivity index (χ3v) is 7.41. The number of hydrogen-bond donors (Lipinski definition) is 0. The van der Waals surface area contributed by atoms with E-state index in [1.54, 1.807) is 11.9 Å². The average Bonchev–Trinajstić information content (AvgIpc) is 3.28. The second-order valence-corrected chi connectivity index (χ2v) is 9.59. The van der Waals surface area contributed by atoms with Gasteiger partial charge in [0.05, 0.1) is 23.9 Å². The van der Waals surface area contributed by atoms with E-state index in [9.17, 15) is 9.59 Å². The molecule has 178 valence electrons. The van der Waals surface area contributed by atoms with Crippen LogP contribution < -0.4 is 0 Å². The molecule has 5 rings (SSSR count). The third kappa shape index (κ3) is 4.56. The summed E-state index contributed by atoms with van der Waals surface area (Å²) in [4.78, 5) is 27.2. The molecule has 6 heteroatoms. The Balaban J connectivity index is 1.66. The maximum atomic E-state index is 13.9. The highest BCUT2D eigenvalue weighted by atomic mass is 79.9. The first-order valence-electron chi connectivity index (χ1n) is 11.9. The molecule has 0 saturated carbocycles. The number of hydrazine groups is 1. The van der Waals surface area contributed by atoms with Crippen molar-refractivity contribution in [2.75, 3.05) is 13.2 Å². The van der Waals surface area contributed by atoms with Gasteiger partial charge in [-0.1, -0.05) is 76.6 Å². The number of nitrogens with zero attached hydrogens (tertiary/aromatic N) is 2. The SMILES string of the molecule is CCOC(=O)/C(Cc1ccccc1)=C1\CC2c3cccc(Br)c3CCN2N1C(=O)c1ccccc1. The Labute approximate surface area is 214 Å². The quantitative estimate of drug-likeness (QED) is 0.305. The van der Waals surface area contributed by atoms with Crippen LogP contribution in [0.3, 0.4) is 0 Å². The summed E-state index contributed by atoms with van der Waals surface area (Å²) < 4.78 is 6.59. The van der Waals surface area contributed by atoms with Crippen LogP contribution in [-0.2, 0) is 22.4 Å². The highest BCUT2D eigenvalue weighted by Gasteiger charge is 2.45. The van der Waals surface area contributed by atoms with Crippen LogP contribution in [0, 0.1) is 0 Å². The van der Waals surface area contributed by atoms with Gasteiger partial charge in [0, 0.05) is 29.4 Å². The Bertz CT molecular complexity index is 1270. The minimum atomic E-state index is -0.369. The first-order chi connectivity index (χ1) is 17.1. The Morgan fingerprint density at radius 3 is 2.40 bits per heavy atom. The van der Waals surface area contributed by atoms with Crippen molar-refractivity contribution in [3.63, 3.8) is 0 Å². The van der Waals surface area contributed by atoms with Crippen LogP contribution in [0.4, 0.5) is 0 Å². The normalized spacial score (nSPS) is 18.6. The van der Waals surface area contributed by atoms with Crippen LogP contribution in [0.1, 0.15) is 46.4 Å². The lowest BCUT2D eigenvalue weighted by molar-refractivity contribution is -0.138. The summed E-state index contributed by atoms with van der Waals surface area (Å²) in [7, 11) is 0. The molecule has 5 nitrogen and oxygen atoms in total. The third-order valence-electron chi connectivity index (χ3n) is 6.67. The van der Waals surface area contributed by atoms with E-state index < -0.39 is 0 Å². The monoisotopic (exact) mass is 530 g/mol. The molecule has 35 heavy (non-hydrogen) atoms. The van der Waals surface area contributed by atoms with Gasteiger partial charge in [0.25, 0.3) is 5.91 Å². The van der Waals surface area contributed by atoms with E-state index in [4.69, 9.17) is 4.74 Å². The molecular formula is C29H27BrN2O3. The highest BCUT2D eigenvalue weighted by molar-refractivity contribution is 9.10. The second-order valence-electron chi connectivity index (χ2n) is 8.73. The van der Waals surface area contributed by atoms with Crippen molar-refractivity contribution in [3.05, 3.63) is 117 Å². The lowest BCUT2D eigenvalue weighted by Gasteiger charge is -2.37. The first-order valence-corrected chi connectivity index (χ1v) is 12.7. The molecule has 0 spiro atoms. The zero-order valence-corrected chi connectivity index (χ0v) is 21.2. The lowest BCUT2D eigenvalue weighted by Crippen LogP contribution is -2.45. The van der Waals surface area contributed by atoms with Gasteiger partial charge in [-0.25, -0.2) is 14.8 Å². The largest absolute Gasteiger partial charge is 0.463 e. The van der Waals surface area contributed by atoms with Crippen molar-refractivity contribution in [2.24, 2.45) is 0 Å². The standard InChI is InChI=1S/C29H27BrN2O3/c1-2-35-29(34)24(18-20-10-5-3-6-11-20)27-19-26-23-14-9-15-25(30)22(23)16-17-31(26)32(27)28(33)21-12-7-4-8-13-21/h3-15,26H,2,16-19H2,1H3/b27-24+. The second kappa shape index (κ2) is 10.2. The number of benzene rings is 3. The fourth-order valence-corrected chi connectivity index (χ4v) is 5.66. The van der Waals surface area contributed by atoms with E-state index in [-0.39, 0.29) is 24.5 Å². The van der Waals surface area contributed by atoms with Crippen LogP contribution in [0.25, 0.3) is 0 Å². The molecule has 1 atom stereocenters. The van der Waals surface area contributed by atoms with Crippen molar-refractivity contribution in [2.45, 2.75) is 32.2 Å². The zero-order chi connectivity index (χ0) is 24.4. The first kappa shape index (κ1) is 23.5. The van der Waals surface area contributed by atoms with Crippen molar-refractivity contribution in [3.8, 4) is 0 Å². The summed E-state index contributed by atoms with van der Waals surface area (Å²) in [5, 5.41) is 3.88. The Hall–Kier alpha value is -3.22. The molecule has 1 fully saturated rings. The van der Waals surface area contributed by atoms with Crippen molar-refractivity contribution >= 4 is 27.8 Å². The summed E-state index contributed by atoms with van der Waals surface area (Å²) in [6.45, 7) is 2.77. The van der Waals surface area contributed by atoms with Gasteiger partial charge in [-0.3, -0.25) is 4.79 Å². The Kier molecular flexibility index (Phi) is 6.84. The van der Waals surface area contributed by atoms with Gasteiger partial charge in [0.2, 0.25) is 0 Å². The molecule has 3 aromatic carbocycles. The molecule has 0 aliphatic carbocycles. The molecule has 2 heterocycles. The van der Waals surface area contributed by atoms with Crippen molar-refractivity contribution in [1.82, 2.24) is 10.0 Å². The predicted molar refractivity (Wildman–Crippen MR) is 138 cm³/mol. The van der Waals surface area contributed by atoms with Crippen LogP contribution in [0.2, 0.25) is 0 Å². The number of esters is 1. The van der Waals surface area contributed by atoms with Gasteiger partial charge < -0.3 is 4.74 Å². The molecule has 1 saturated heterocycles. The molecule has 0 N–H and O–H groups in total. The van der Waals surface area contributed by atoms with Crippen LogP contribution in [0.15, 0.2) is 94.6 Å². The summed E-state index contributed by atoms with van der Waals surface area (Å²) in [5.74, 6) is -0.497. The smallest absolute Gasteiger partial charge is 0.336 e. The number of fused-ring (bicyclic) bond motifs is 3. The Morgan fingerprint density at radius 2 is 1.69 bits per heavy atom. The van der Waals surface area contributed by atoms with Crippen molar-refractivity contribution < 1.29 is 14.3 Å². The van der Waals surface area contributed by atoms with E-state index in [1.807, 2.05) is 66.7 Å². The van der Waals surface area contributed by atoms with Crippen LogP contribution in [-0.4, -0.2) is 35.0 Å². The van der Waals surface area contributed by atoms with Crippen LogP contribution >= 0.6 is 15.9 Å². The number of halogens is 1. The van der Waals surface area contributed by atoms with Gasteiger partial charge in [-0.2, -0.15) is 0 Å². The number of ether oxygens (including phenoxy) is 1. The summed E-state index contributed by atoms with van der Waals surface area (Å²) >= 11 is 3.71. The molecule has 3 aromatic rings. The van der Waals surface area contributed by atoms with Gasteiger partial charge in [0.15, 0.2) is 0 Å². The number of amides is 1. The Morgan fingerprint density at radius 1 is 0.971 bits per heavy atom. The fourth-order valence-electron chi connectivity index (χ4n) is 5.08. The zero-order valence-electron chi connectivity index (χ0n) is 19.6. The van der Waals surface area contributed by atoms with Crippen molar-refractivity contribution in [1.29, 1.82) is 0 Å². The molecule has 2 aliphatic heterocycles. The molecule has 0 bridgehead atoms. The van der Waals surface area contributed by atoms with Gasteiger partial charge in [-0.15, -0.1) is 0 Å².